The molecular weight excluding hydrogens is 645 g/mol. The fourth-order valence-corrected chi connectivity index (χ4v) is 11.8. The Balaban J connectivity index is 1.14. The number of fused-ring (bicyclic) bond motifs is 6. The molecule has 1 spiro atoms. The Morgan fingerprint density at radius 3 is 1.81 bits per heavy atom. The standard InChI is InChI=1S/C49H38N4/c1-3-13-32(14-4-1)46-50-47(39-20-12-24-43-44(39)38-18-8-10-23-42(38)53(43)35-15-5-2-6-16-35)52-48(51-46)40-21-11-19-37-36-17-7-9-22-41(36)49(45(37)40)33-26-30-25-31(28-33)29-34(49)27-30/h1-24,30-31,33-34H,25-29H2. The number of hydrogen-bond acceptors (Lipinski definition) is 3. The average Bonchev–Trinajstić information content (AvgIpc) is 3.71. The van der Waals surface area contributed by atoms with E-state index in [2.05, 4.69) is 150 Å². The van der Waals surface area contributed by atoms with Crippen LogP contribution in [-0.4, -0.2) is 19.5 Å². The molecular formula is C49H38N4. The van der Waals surface area contributed by atoms with Gasteiger partial charge >= 0.3 is 0 Å². The number of nitrogens with zero attached hydrogens (tertiary/aromatic N) is 4. The van der Waals surface area contributed by atoms with Gasteiger partial charge in [-0.3, -0.25) is 0 Å². The van der Waals surface area contributed by atoms with Crippen LogP contribution in [0.5, 0.6) is 0 Å². The highest BCUT2D eigenvalue weighted by molar-refractivity contribution is 6.15. The summed E-state index contributed by atoms with van der Waals surface area (Å²) in [7, 11) is 0. The molecule has 0 saturated heterocycles. The first-order valence-electron chi connectivity index (χ1n) is 19.4. The second kappa shape index (κ2) is 11.1. The molecule has 0 aliphatic heterocycles. The van der Waals surface area contributed by atoms with Gasteiger partial charge in [-0.25, -0.2) is 15.0 Å². The van der Waals surface area contributed by atoms with Crippen LogP contribution in [0.3, 0.4) is 0 Å². The van der Waals surface area contributed by atoms with Gasteiger partial charge < -0.3 is 4.57 Å². The third-order valence-corrected chi connectivity index (χ3v) is 13.4. The Hall–Kier alpha value is -5.87. The lowest BCUT2D eigenvalue weighted by Crippen LogP contribution is -2.55. The molecule has 2 aromatic heterocycles. The summed E-state index contributed by atoms with van der Waals surface area (Å²) in [5.74, 6) is 5.24. The van der Waals surface area contributed by atoms with Gasteiger partial charge in [0, 0.05) is 38.6 Å². The van der Waals surface area contributed by atoms with Crippen LogP contribution in [0.2, 0.25) is 0 Å². The van der Waals surface area contributed by atoms with Crippen molar-refractivity contribution in [3.05, 3.63) is 157 Å². The van der Waals surface area contributed by atoms with Crippen LogP contribution in [0, 0.1) is 23.7 Å². The maximum absolute atomic E-state index is 5.54. The van der Waals surface area contributed by atoms with Crippen molar-refractivity contribution in [2.75, 3.05) is 0 Å². The SMILES string of the molecule is c1ccc(-c2nc(-c3cccc4c3C3(c5ccccc5-4)C4CC5CC(C4)CC3C5)nc(-c3cccc4c3c3ccccc3n4-c3ccccc3)n2)cc1. The van der Waals surface area contributed by atoms with E-state index in [1.54, 1.807) is 5.56 Å². The molecule has 5 aliphatic rings. The summed E-state index contributed by atoms with van der Waals surface area (Å²) in [6, 6.07) is 52.7. The molecule has 6 aromatic carbocycles. The molecule has 4 fully saturated rings. The van der Waals surface area contributed by atoms with Gasteiger partial charge in [0.25, 0.3) is 0 Å². The Morgan fingerprint density at radius 2 is 1.02 bits per heavy atom. The van der Waals surface area contributed by atoms with Crippen molar-refractivity contribution in [2.24, 2.45) is 23.7 Å². The van der Waals surface area contributed by atoms with E-state index in [0.29, 0.717) is 23.5 Å². The fraction of sp³-hybridized carbons (Fsp3) is 0.204. The fourth-order valence-electron chi connectivity index (χ4n) is 11.8. The van der Waals surface area contributed by atoms with Crippen molar-refractivity contribution in [3.8, 4) is 51.0 Å². The minimum absolute atomic E-state index is 0.00123. The lowest BCUT2D eigenvalue weighted by atomic mass is 9.43. The van der Waals surface area contributed by atoms with Crippen LogP contribution in [-0.2, 0) is 5.41 Å². The minimum Gasteiger partial charge on any atom is -0.309 e. The minimum atomic E-state index is -0.00123. The van der Waals surface area contributed by atoms with Gasteiger partial charge in [0.05, 0.1) is 11.0 Å². The second-order valence-electron chi connectivity index (χ2n) is 16.0. The molecule has 0 N–H and O–H groups in total. The number of hydrogen-bond donors (Lipinski definition) is 0. The average molecular weight is 683 g/mol. The van der Waals surface area contributed by atoms with Gasteiger partial charge in [-0.1, -0.05) is 121 Å². The number of benzene rings is 6. The Morgan fingerprint density at radius 1 is 0.453 bits per heavy atom. The van der Waals surface area contributed by atoms with Gasteiger partial charge in [-0.2, -0.15) is 0 Å². The van der Waals surface area contributed by atoms with E-state index in [1.807, 2.05) is 0 Å². The van der Waals surface area contributed by atoms with E-state index in [4.69, 9.17) is 15.0 Å². The zero-order valence-electron chi connectivity index (χ0n) is 29.5. The molecule has 13 rings (SSSR count). The molecule has 4 bridgehead atoms. The van der Waals surface area contributed by atoms with Gasteiger partial charge in [0.15, 0.2) is 17.5 Å². The first kappa shape index (κ1) is 29.7. The van der Waals surface area contributed by atoms with Gasteiger partial charge in [0.1, 0.15) is 0 Å². The highest BCUT2D eigenvalue weighted by atomic mass is 15.0. The van der Waals surface area contributed by atoms with Gasteiger partial charge in [-0.05, 0) is 102 Å². The highest BCUT2D eigenvalue weighted by Gasteiger charge is 2.62. The predicted octanol–water partition coefficient (Wildman–Crippen LogP) is 11.7. The molecule has 4 heteroatoms. The Labute approximate surface area is 309 Å². The van der Waals surface area contributed by atoms with Gasteiger partial charge in [0.2, 0.25) is 0 Å². The van der Waals surface area contributed by atoms with Crippen molar-refractivity contribution in [2.45, 2.75) is 37.5 Å². The van der Waals surface area contributed by atoms with Crippen LogP contribution in [0.25, 0.3) is 72.8 Å². The molecule has 53 heavy (non-hydrogen) atoms. The van der Waals surface area contributed by atoms with Crippen LogP contribution in [0.15, 0.2) is 146 Å². The summed E-state index contributed by atoms with van der Waals surface area (Å²) in [6.07, 6.45) is 6.77. The molecule has 0 atom stereocenters. The van der Waals surface area contributed by atoms with Crippen molar-refractivity contribution in [3.63, 3.8) is 0 Å². The molecule has 0 amide bonds. The number of aromatic nitrogens is 4. The smallest absolute Gasteiger partial charge is 0.164 e. The zero-order chi connectivity index (χ0) is 34.7. The third-order valence-electron chi connectivity index (χ3n) is 13.4. The summed E-state index contributed by atoms with van der Waals surface area (Å²) in [4.78, 5) is 16.3. The topological polar surface area (TPSA) is 43.6 Å². The zero-order valence-corrected chi connectivity index (χ0v) is 29.5. The summed E-state index contributed by atoms with van der Waals surface area (Å²) < 4.78 is 2.37. The van der Waals surface area contributed by atoms with E-state index in [-0.39, 0.29) is 5.41 Å². The van der Waals surface area contributed by atoms with Crippen molar-refractivity contribution in [1.82, 2.24) is 19.5 Å². The van der Waals surface area contributed by atoms with E-state index in [9.17, 15) is 0 Å². The molecule has 5 aliphatic carbocycles. The molecule has 4 nitrogen and oxygen atoms in total. The maximum atomic E-state index is 5.54. The molecule has 4 saturated carbocycles. The van der Waals surface area contributed by atoms with E-state index in [1.165, 1.54) is 65.3 Å². The van der Waals surface area contributed by atoms with Crippen LogP contribution >= 0.6 is 0 Å². The predicted molar refractivity (Wildman–Crippen MR) is 214 cm³/mol. The van der Waals surface area contributed by atoms with Crippen LogP contribution < -0.4 is 0 Å². The molecule has 0 radical (unpaired) electrons. The molecule has 0 unspecified atom stereocenters. The highest BCUT2D eigenvalue weighted by Crippen LogP contribution is 2.70. The lowest BCUT2D eigenvalue weighted by Gasteiger charge is -2.61. The van der Waals surface area contributed by atoms with Crippen LogP contribution in [0.4, 0.5) is 0 Å². The summed E-state index contributed by atoms with van der Waals surface area (Å²) in [6.45, 7) is 0. The van der Waals surface area contributed by atoms with Gasteiger partial charge in [-0.15, -0.1) is 0 Å². The lowest BCUT2D eigenvalue weighted by molar-refractivity contribution is -0.0397. The van der Waals surface area contributed by atoms with E-state index in [0.717, 1.165) is 45.4 Å². The third kappa shape index (κ3) is 4.09. The van der Waals surface area contributed by atoms with Crippen molar-refractivity contribution >= 4 is 21.8 Å². The quantitative estimate of drug-likeness (QED) is 0.186. The Bertz CT molecular complexity index is 2720. The molecule has 8 aromatic rings. The first-order valence-corrected chi connectivity index (χ1v) is 19.4. The first-order chi connectivity index (χ1) is 26.3. The largest absolute Gasteiger partial charge is 0.309 e. The Kier molecular flexibility index (Phi) is 6.20. The summed E-state index contributed by atoms with van der Waals surface area (Å²) >= 11 is 0. The summed E-state index contributed by atoms with van der Waals surface area (Å²) in [5.41, 5.74) is 12.4. The normalized spacial score (nSPS) is 23.5. The maximum Gasteiger partial charge on any atom is 0.164 e. The summed E-state index contributed by atoms with van der Waals surface area (Å²) in [5, 5.41) is 2.35. The van der Waals surface area contributed by atoms with Crippen molar-refractivity contribution in [1.29, 1.82) is 0 Å². The van der Waals surface area contributed by atoms with Crippen LogP contribution in [0.1, 0.15) is 43.2 Å². The second-order valence-corrected chi connectivity index (χ2v) is 16.0. The van der Waals surface area contributed by atoms with E-state index >= 15 is 0 Å². The molecule has 254 valence electrons. The molecule has 2 heterocycles. The number of para-hydroxylation sites is 2. The number of rotatable bonds is 4. The van der Waals surface area contributed by atoms with Crippen molar-refractivity contribution < 1.29 is 0 Å². The monoisotopic (exact) mass is 682 g/mol. The van der Waals surface area contributed by atoms with E-state index < -0.39 is 0 Å².